The molecule has 1 fully saturated rings. The standard InChI is InChI=1S/C14H21ClN2O2S/c1-16(2)14-6-7-17(10-14)20(18,19)11-13-5-3-4-12(8-13)9-15/h3-5,8,14H,6-7,9-11H2,1-2H3. The highest BCUT2D eigenvalue weighted by atomic mass is 35.5. The van der Waals surface area contributed by atoms with Crippen LogP contribution >= 0.6 is 11.6 Å². The van der Waals surface area contributed by atoms with Crippen LogP contribution in [0.15, 0.2) is 24.3 Å². The van der Waals surface area contributed by atoms with Gasteiger partial charge in [-0.2, -0.15) is 0 Å². The van der Waals surface area contributed by atoms with Crippen molar-refractivity contribution in [1.29, 1.82) is 0 Å². The van der Waals surface area contributed by atoms with E-state index in [4.69, 9.17) is 11.6 Å². The Morgan fingerprint density at radius 3 is 2.65 bits per heavy atom. The van der Waals surface area contributed by atoms with Gasteiger partial charge in [0.1, 0.15) is 0 Å². The number of hydrogen-bond acceptors (Lipinski definition) is 3. The second-order valence-corrected chi connectivity index (χ2v) is 7.71. The maximum atomic E-state index is 12.4. The number of nitrogens with zero attached hydrogens (tertiary/aromatic N) is 2. The highest BCUT2D eigenvalue weighted by Crippen LogP contribution is 2.20. The third kappa shape index (κ3) is 3.73. The second kappa shape index (κ2) is 6.43. The lowest BCUT2D eigenvalue weighted by Gasteiger charge is -2.20. The van der Waals surface area contributed by atoms with E-state index in [1.807, 2.05) is 38.4 Å². The van der Waals surface area contributed by atoms with Gasteiger partial charge in [0.25, 0.3) is 0 Å². The molecule has 0 aromatic heterocycles. The Morgan fingerprint density at radius 1 is 1.35 bits per heavy atom. The minimum Gasteiger partial charge on any atom is -0.305 e. The summed E-state index contributed by atoms with van der Waals surface area (Å²) in [6.45, 7) is 1.20. The van der Waals surface area contributed by atoms with Gasteiger partial charge >= 0.3 is 0 Å². The first-order valence-electron chi connectivity index (χ1n) is 6.70. The van der Waals surface area contributed by atoms with E-state index in [9.17, 15) is 8.42 Å². The lowest BCUT2D eigenvalue weighted by atomic mass is 10.2. The molecule has 0 spiro atoms. The molecule has 0 saturated carbocycles. The average Bonchev–Trinajstić information content (AvgIpc) is 2.89. The van der Waals surface area contributed by atoms with Crippen LogP contribution in [0, 0.1) is 0 Å². The predicted octanol–water partition coefficient (Wildman–Crippen LogP) is 1.89. The van der Waals surface area contributed by atoms with Crippen molar-refractivity contribution >= 4 is 21.6 Å². The summed E-state index contributed by atoms with van der Waals surface area (Å²) in [6.07, 6.45) is 0.897. The summed E-state index contributed by atoms with van der Waals surface area (Å²) in [5.74, 6) is 0.457. The molecule has 0 bridgehead atoms. The number of halogens is 1. The van der Waals surface area contributed by atoms with Gasteiger partial charge in [0.05, 0.1) is 5.75 Å². The highest BCUT2D eigenvalue weighted by Gasteiger charge is 2.32. The second-order valence-electron chi connectivity index (χ2n) is 5.47. The SMILES string of the molecule is CN(C)C1CCN(S(=O)(=O)Cc2cccc(CCl)c2)C1. The molecule has 1 aliphatic rings. The molecule has 2 rings (SSSR count). The van der Waals surface area contributed by atoms with Gasteiger partial charge in [-0.05, 0) is 31.6 Å². The van der Waals surface area contributed by atoms with Crippen LogP contribution < -0.4 is 0 Å². The molecule has 112 valence electrons. The van der Waals surface area contributed by atoms with Crippen molar-refractivity contribution in [3.63, 3.8) is 0 Å². The van der Waals surface area contributed by atoms with E-state index in [0.29, 0.717) is 25.0 Å². The van der Waals surface area contributed by atoms with Crippen LogP contribution in [-0.2, 0) is 21.7 Å². The van der Waals surface area contributed by atoms with Gasteiger partial charge in [0.2, 0.25) is 10.0 Å². The molecule has 1 unspecified atom stereocenters. The summed E-state index contributed by atoms with van der Waals surface area (Å²) >= 11 is 5.79. The van der Waals surface area contributed by atoms with Crippen molar-refractivity contribution in [2.24, 2.45) is 0 Å². The third-order valence-corrected chi connectivity index (χ3v) is 5.87. The lowest BCUT2D eigenvalue weighted by molar-refractivity contribution is 0.302. The number of rotatable bonds is 5. The molecule has 6 heteroatoms. The van der Waals surface area contributed by atoms with Gasteiger partial charge in [-0.25, -0.2) is 12.7 Å². The fourth-order valence-electron chi connectivity index (χ4n) is 2.49. The first-order chi connectivity index (χ1) is 9.42. The molecule has 1 heterocycles. The molecule has 0 radical (unpaired) electrons. The largest absolute Gasteiger partial charge is 0.305 e. The lowest BCUT2D eigenvalue weighted by Crippen LogP contribution is -2.35. The average molecular weight is 317 g/mol. The molecule has 1 aliphatic heterocycles. The van der Waals surface area contributed by atoms with Gasteiger partial charge in [0, 0.05) is 25.0 Å². The highest BCUT2D eigenvalue weighted by molar-refractivity contribution is 7.88. The Hall–Kier alpha value is -0.620. The molecule has 1 saturated heterocycles. The minimum atomic E-state index is -3.24. The topological polar surface area (TPSA) is 40.6 Å². The van der Waals surface area contributed by atoms with Crippen LogP contribution in [0.4, 0.5) is 0 Å². The van der Waals surface area contributed by atoms with E-state index in [-0.39, 0.29) is 5.75 Å². The fourth-order valence-corrected chi connectivity index (χ4v) is 4.22. The van der Waals surface area contributed by atoms with Gasteiger partial charge in [-0.15, -0.1) is 11.6 Å². The minimum absolute atomic E-state index is 0.0534. The zero-order chi connectivity index (χ0) is 14.8. The normalized spacial score (nSPS) is 20.7. The third-order valence-electron chi connectivity index (χ3n) is 3.74. The number of sulfonamides is 1. The van der Waals surface area contributed by atoms with E-state index < -0.39 is 10.0 Å². The van der Waals surface area contributed by atoms with E-state index in [1.165, 1.54) is 0 Å². The molecular formula is C14H21ClN2O2S. The zero-order valence-corrected chi connectivity index (χ0v) is 13.5. The summed E-state index contributed by atoms with van der Waals surface area (Å²) in [7, 11) is 0.741. The molecule has 0 N–H and O–H groups in total. The van der Waals surface area contributed by atoms with Crippen molar-refractivity contribution in [2.45, 2.75) is 24.1 Å². The van der Waals surface area contributed by atoms with E-state index in [0.717, 1.165) is 17.5 Å². The Labute approximate surface area is 126 Å². The van der Waals surface area contributed by atoms with Crippen molar-refractivity contribution in [1.82, 2.24) is 9.21 Å². The molecule has 1 atom stereocenters. The molecule has 0 aliphatic carbocycles. The monoisotopic (exact) mass is 316 g/mol. The smallest absolute Gasteiger partial charge is 0.218 e. The van der Waals surface area contributed by atoms with E-state index in [1.54, 1.807) is 4.31 Å². The molecule has 0 amide bonds. The Bertz CT molecular complexity index is 560. The molecular weight excluding hydrogens is 296 g/mol. The maximum Gasteiger partial charge on any atom is 0.218 e. The maximum absolute atomic E-state index is 12.4. The van der Waals surface area contributed by atoms with Crippen LogP contribution in [0.5, 0.6) is 0 Å². The van der Waals surface area contributed by atoms with Crippen LogP contribution in [0.2, 0.25) is 0 Å². The van der Waals surface area contributed by atoms with Gasteiger partial charge in [0.15, 0.2) is 0 Å². The summed E-state index contributed by atoms with van der Waals surface area (Å²) in [5.41, 5.74) is 1.75. The van der Waals surface area contributed by atoms with Crippen LogP contribution in [0.3, 0.4) is 0 Å². The van der Waals surface area contributed by atoms with Crippen molar-refractivity contribution in [2.75, 3.05) is 27.2 Å². The summed E-state index contributed by atoms with van der Waals surface area (Å²) in [5, 5.41) is 0. The molecule has 1 aromatic rings. The molecule has 20 heavy (non-hydrogen) atoms. The Morgan fingerprint density at radius 2 is 2.05 bits per heavy atom. The fraction of sp³-hybridized carbons (Fsp3) is 0.571. The number of alkyl halides is 1. The van der Waals surface area contributed by atoms with Crippen LogP contribution in [-0.4, -0.2) is 50.8 Å². The van der Waals surface area contributed by atoms with E-state index in [2.05, 4.69) is 4.90 Å². The van der Waals surface area contributed by atoms with E-state index >= 15 is 0 Å². The first-order valence-corrected chi connectivity index (χ1v) is 8.85. The number of hydrogen-bond donors (Lipinski definition) is 0. The van der Waals surface area contributed by atoms with Crippen LogP contribution in [0.1, 0.15) is 17.5 Å². The van der Waals surface area contributed by atoms with Crippen molar-refractivity contribution in [3.8, 4) is 0 Å². The molecule has 1 aromatic carbocycles. The Kier molecular flexibility index (Phi) is 5.07. The summed E-state index contributed by atoms with van der Waals surface area (Å²) in [6, 6.07) is 7.78. The van der Waals surface area contributed by atoms with Crippen LogP contribution in [0.25, 0.3) is 0 Å². The number of benzene rings is 1. The number of likely N-dealkylation sites (N-methyl/N-ethyl adjacent to an activating group) is 1. The first kappa shape index (κ1) is 15.8. The molecule has 4 nitrogen and oxygen atoms in total. The van der Waals surface area contributed by atoms with Gasteiger partial charge < -0.3 is 4.90 Å². The van der Waals surface area contributed by atoms with Crippen molar-refractivity contribution in [3.05, 3.63) is 35.4 Å². The predicted molar refractivity (Wildman–Crippen MR) is 82.3 cm³/mol. The van der Waals surface area contributed by atoms with Crippen molar-refractivity contribution < 1.29 is 8.42 Å². The quantitative estimate of drug-likeness (QED) is 0.779. The van der Waals surface area contributed by atoms with Gasteiger partial charge in [-0.1, -0.05) is 24.3 Å². The summed E-state index contributed by atoms with van der Waals surface area (Å²) in [4.78, 5) is 2.09. The zero-order valence-electron chi connectivity index (χ0n) is 11.9. The summed E-state index contributed by atoms with van der Waals surface area (Å²) < 4.78 is 26.5. The Balaban J connectivity index is 2.08. The van der Waals surface area contributed by atoms with Gasteiger partial charge in [-0.3, -0.25) is 0 Å².